The first-order valence-electron chi connectivity index (χ1n) is 8.91. The Morgan fingerprint density at radius 3 is 2.69 bits per heavy atom. The summed E-state index contributed by atoms with van der Waals surface area (Å²) in [6.45, 7) is 4.76. The van der Waals surface area contributed by atoms with Crippen LogP contribution in [0.15, 0.2) is 28.8 Å². The fraction of sp³-hybridized carbons (Fsp3) is 0.474. The number of aryl methyl sites for hydroxylation is 1. The molecule has 1 saturated heterocycles. The van der Waals surface area contributed by atoms with E-state index >= 15 is 0 Å². The third-order valence-corrected chi connectivity index (χ3v) is 4.71. The van der Waals surface area contributed by atoms with Crippen molar-refractivity contribution in [3.8, 4) is 11.4 Å². The first-order valence-corrected chi connectivity index (χ1v) is 8.91. The summed E-state index contributed by atoms with van der Waals surface area (Å²) in [5.74, 6) is 0.201. The molecule has 2 heterocycles. The van der Waals surface area contributed by atoms with Gasteiger partial charge >= 0.3 is 5.97 Å². The van der Waals surface area contributed by atoms with Gasteiger partial charge in [-0.15, -0.1) is 0 Å². The molecule has 1 aromatic heterocycles. The molecular weight excluding hydrogens is 334 g/mol. The number of carboxylic acids is 1. The number of rotatable bonds is 6. The molecule has 0 bridgehead atoms. The zero-order valence-corrected chi connectivity index (χ0v) is 15.0. The number of aromatic nitrogens is 2. The Morgan fingerprint density at radius 1 is 1.31 bits per heavy atom. The molecule has 1 fully saturated rings. The predicted octanol–water partition coefficient (Wildman–Crippen LogP) is 2.87. The smallest absolute Gasteiger partial charge is 0.326 e. The van der Waals surface area contributed by atoms with Crippen molar-refractivity contribution in [2.24, 2.45) is 0 Å². The highest BCUT2D eigenvalue weighted by Crippen LogP contribution is 2.22. The van der Waals surface area contributed by atoms with Crippen LogP contribution in [-0.4, -0.2) is 44.6 Å². The summed E-state index contributed by atoms with van der Waals surface area (Å²) < 4.78 is 5.24. The van der Waals surface area contributed by atoms with Crippen molar-refractivity contribution in [3.63, 3.8) is 0 Å². The second kappa shape index (κ2) is 7.68. The number of nitrogens with zero attached hydrogens (tertiary/aromatic N) is 3. The number of likely N-dealkylation sites (tertiary alicyclic amines) is 1. The van der Waals surface area contributed by atoms with Crippen LogP contribution in [0.4, 0.5) is 0 Å². The lowest BCUT2D eigenvalue weighted by Crippen LogP contribution is -2.40. The lowest BCUT2D eigenvalue weighted by molar-refractivity contribution is -0.148. The first-order chi connectivity index (χ1) is 12.5. The molecule has 138 valence electrons. The lowest BCUT2D eigenvalue weighted by Gasteiger charge is -2.20. The molecule has 1 aliphatic heterocycles. The second-order valence-corrected chi connectivity index (χ2v) is 6.87. The van der Waals surface area contributed by atoms with Crippen LogP contribution in [0.2, 0.25) is 0 Å². The molecule has 26 heavy (non-hydrogen) atoms. The van der Waals surface area contributed by atoms with Crippen molar-refractivity contribution >= 4 is 11.9 Å². The van der Waals surface area contributed by atoms with Gasteiger partial charge in [-0.2, -0.15) is 4.98 Å². The van der Waals surface area contributed by atoms with Gasteiger partial charge in [0.25, 0.3) is 0 Å². The zero-order valence-electron chi connectivity index (χ0n) is 15.0. The maximum Gasteiger partial charge on any atom is 0.326 e. The van der Waals surface area contributed by atoms with Gasteiger partial charge in [0.05, 0.1) is 0 Å². The molecule has 2 aromatic rings. The third kappa shape index (κ3) is 3.92. The Morgan fingerprint density at radius 2 is 2.04 bits per heavy atom. The Balaban J connectivity index is 1.60. The van der Waals surface area contributed by atoms with Crippen LogP contribution in [0.3, 0.4) is 0 Å². The largest absolute Gasteiger partial charge is 0.480 e. The van der Waals surface area contributed by atoms with Crippen molar-refractivity contribution < 1.29 is 19.2 Å². The minimum Gasteiger partial charge on any atom is -0.480 e. The molecule has 7 heteroatoms. The van der Waals surface area contributed by atoms with E-state index in [0.29, 0.717) is 37.0 Å². The number of aliphatic carboxylic acids is 1. The molecule has 1 aliphatic rings. The molecule has 1 aromatic carbocycles. The third-order valence-electron chi connectivity index (χ3n) is 4.71. The Labute approximate surface area is 152 Å². The highest BCUT2D eigenvalue weighted by molar-refractivity contribution is 5.84. The fourth-order valence-corrected chi connectivity index (χ4v) is 3.17. The molecule has 1 amide bonds. The highest BCUT2D eigenvalue weighted by atomic mass is 16.5. The Kier molecular flexibility index (Phi) is 5.35. The quantitative estimate of drug-likeness (QED) is 0.854. The summed E-state index contributed by atoms with van der Waals surface area (Å²) in [5, 5.41) is 13.1. The number of hydrogen-bond acceptors (Lipinski definition) is 5. The Hall–Kier alpha value is -2.70. The summed E-state index contributed by atoms with van der Waals surface area (Å²) in [4.78, 5) is 29.2. The van der Waals surface area contributed by atoms with Gasteiger partial charge < -0.3 is 14.5 Å². The van der Waals surface area contributed by atoms with Crippen LogP contribution in [0.1, 0.15) is 50.5 Å². The minimum atomic E-state index is -0.944. The second-order valence-electron chi connectivity index (χ2n) is 6.87. The van der Waals surface area contributed by atoms with Crippen LogP contribution < -0.4 is 0 Å². The maximum atomic E-state index is 12.3. The van der Waals surface area contributed by atoms with E-state index in [-0.39, 0.29) is 12.3 Å². The van der Waals surface area contributed by atoms with Crippen LogP contribution in [-0.2, 0) is 16.0 Å². The van der Waals surface area contributed by atoms with Crippen LogP contribution in [0.5, 0.6) is 0 Å². The minimum absolute atomic E-state index is 0.164. The standard InChI is InChI=1S/C19H23N3O4/c1-12(2)13-5-7-14(8-6-13)18-20-16(26-21-18)9-10-17(23)22-11-3-4-15(22)19(24)25/h5-8,12,15H,3-4,9-11H2,1-2H3,(H,24,25). The molecule has 0 saturated carbocycles. The van der Waals surface area contributed by atoms with Crippen LogP contribution in [0.25, 0.3) is 11.4 Å². The van der Waals surface area contributed by atoms with Crippen molar-refractivity contribution in [2.75, 3.05) is 6.54 Å². The van der Waals surface area contributed by atoms with Gasteiger partial charge in [-0.25, -0.2) is 4.79 Å². The molecule has 0 radical (unpaired) electrons. The van der Waals surface area contributed by atoms with E-state index in [1.165, 1.54) is 10.5 Å². The van der Waals surface area contributed by atoms with Gasteiger partial charge in [-0.1, -0.05) is 43.3 Å². The van der Waals surface area contributed by atoms with E-state index in [0.717, 1.165) is 12.0 Å². The van der Waals surface area contributed by atoms with Crippen molar-refractivity contribution in [3.05, 3.63) is 35.7 Å². The molecule has 7 nitrogen and oxygen atoms in total. The predicted molar refractivity (Wildman–Crippen MR) is 94.5 cm³/mol. The first kappa shape index (κ1) is 18.1. The number of amides is 1. The molecule has 3 rings (SSSR count). The van der Waals surface area contributed by atoms with Crippen LogP contribution >= 0.6 is 0 Å². The summed E-state index contributed by atoms with van der Waals surface area (Å²) in [6.07, 6.45) is 1.70. The summed E-state index contributed by atoms with van der Waals surface area (Å²) >= 11 is 0. The topological polar surface area (TPSA) is 96.5 Å². The molecule has 1 atom stereocenters. The van der Waals surface area contributed by atoms with Gasteiger partial charge in [0, 0.05) is 24.9 Å². The van der Waals surface area contributed by atoms with Crippen molar-refractivity contribution in [2.45, 2.75) is 51.5 Å². The molecule has 0 aliphatic carbocycles. The summed E-state index contributed by atoms with van der Waals surface area (Å²) in [6, 6.07) is 7.28. The molecule has 1 N–H and O–H groups in total. The van der Waals surface area contributed by atoms with E-state index in [4.69, 9.17) is 9.63 Å². The van der Waals surface area contributed by atoms with E-state index < -0.39 is 12.0 Å². The number of hydrogen-bond donors (Lipinski definition) is 1. The zero-order chi connectivity index (χ0) is 18.7. The monoisotopic (exact) mass is 357 g/mol. The average Bonchev–Trinajstić information content (AvgIpc) is 3.29. The van der Waals surface area contributed by atoms with Gasteiger partial charge in [-0.3, -0.25) is 4.79 Å². The molecule has 1 unspecified atom stereocenters. The van der Waals surface area contributed by atoms with Crippen LogP contribution in [0, 0.1) is 0 Å². The van der Waals surface area contributed by atoms with Gasteiger partial charge in [0.1, 0.15) is 6.04 Å². The number of benzene rings is 1. The highest BCUT2D eigenvalue weighted by Gasteiger charge is 2.33. The molecular formula is C19H23N3O4. The van der Waals surface area contributed by atoms with Gasteiger partial charge in [0.15, 0.2) is 0 Å². The fourth-order valence-electron chi connectivity index (χ4n) is 3.17. The van der Waals surface area contributed by atoms with E-state index in [9.17, 15) is 9.59 Å². The van der Waals surface area contributed by atoms with E-state index in [1.54, 1.807) is 0 Å². The van der Waals surface area contributed by atoms with E-state index in [1.807, 2.05) is 24.3 Å². The average molecular weight is 357 g/mol. The summed E-state index contributed by atoms with van der Waals surface area (Å²) in [5.41, 5.74) is 2.10. The van der Waals surface area contributed by atoms with Crippen molar-refractivity contribution in [1.29, 1.82) is 0 Å². The summed E-state index contributed by atoms with van der Waals surface area (Å²) in [7, 11) is 0. The lowest BCUT2D eigenvalue weighted by atomic mass is 10.0. The molecule has 0 spiro atoms. The number of carboxylic acid groups (broad SMARTS) is 1. The maximum absolute atomic E-state index is 12.3. The van der Waals surface area contributed by atoms with Crippen molar-refractivity contribution in [1.82, 2.24) is 15.0 Å². The Bertz CT molecular complexity index is 782. The van der Waals surface area contributed by atoms with Gasteiger partial charge in [-0.05, 0) is 24.3 Å². The normalized spacial score (nSPS) is 17.0. The van der Waals surface area contributed by atoms with Gasteiger partial charge in [0.2, 0.25) is 17.6 Å². The van der Waals surface area contributed by atoms with E-state index in [2.05, 4.69) is 24.0 Å². The number of carbonyl (C=O) groups is 2. The number of carbonyl (C=O) groups excluding carboxylic acids is 1. The SMILES string of the molecule is CC(C)c1ccc(-c2noc(CCC(=O)N3CCCC3C(=O)O)n2)cc1.